The van der Waals surface area contributed by atoms with E-state index in [2.05, 4.69) is 10.6 Å². The van der Waals surface area contributed by atoms with Crippen LogP contribution < -0.4 is 20.1 Å². The number of halogens is 2. The molecule has 6 aromatic rings. The zero-order chi connectivity index (χ0) is 36.1. The number of benzene rings is 6. The molecule has 256 valence electrons. The first-order valence-electron chi connectivity index (χ1n) is 15.6. The summed E-state index contributed by atoms with van der Waals surface area (Å²) in [5, 5.41) is 26.6. The van der Waals surface area contributed by atoms with Crippen LogP contribution in [0.25, 0.3) is 22.3 Å². The fraction of sp³-hybridized carbons (Fsp3) is 0.0500. The molecule has 0 aliphatic rings. The molecule has 0 radical (unpaired) electrons. The van der Waals surface area contributed by atoms with Gasteiger partial charge in [0.1, 0.15) is 23.0 Å². The minimum Gasteiger partial charge on any atom is -0.508 e. The van der Waals surface area contributed by atoms with Gasteiger partial charge in [0, 0.05) is 31.2 Å². The Kier molecular flexibility index (Phi) is 10.7. The van der Waals surface area contributed by atoms with Crippen LogP contribution in [0.3, 0.4) is 0 Å². The van der Waals surface area contributed by atoms with E-state index < -0.39 is 12.2 Å². The fourth-order valence-electron chi connectivity index (χ4n) is 5.12. The summed E-state index contributed by atoms with van der Waals surface area (Å²) in [6.45, 7) is 3.68. The van der Waals surface area contributed by atoms with Crippen LogP contribution in [0.4, 0.5) is 21.0 Å². The Balaban J connectivity index is 1.30. The molecule has 2 amide bonds. The number of carbonyl (C=O) groups is 2. The number of aryl methyl sites for hydroxylation is 2. The molecule has 0 fully saturated rings. The average molecular weight is 738 g/mol. The van der Waals surface area contributed by atoms with Gasteiger partial charge in [0.25, 0.3) is 0 Å². The molecule has 51 heavy (non-hydrogen) atoms. The van der Waals surface area contributed by atoms with Crippen LogP contribution in [0.5, 0.6) is 23.0 Å². The van der Waals surface area contributed by atoms with E-state index in [-0.39, 0.29) is 11.5 Å². The number of nitrogens with one attached hydrogen (secondary N) is 2. The van der Waals surface area contributed by atoms with E-state index in [1.165, 1.54) is 11.8 Å². The second-order valence-corrected chi connectivity index (χ2v) is 13.4. The smallest absolute Gasteiger partial charge is 0.417 e. The van der Waals surface area contributed by atoms with E-state index >= 15 is 0 Å². The standard InChI is InChI=1S/C40H30Cl2N2O6S/c1-23-19-27(7-15-35(23)41)43-39(47)49-31-13-17-37(33(21-31)25-3-9-29(45)10-4-25)51-38-18-14-32(22-34(38)26-5-11-30(46)12-6-26)50-40(48)44-28-8-16-36(42)24(2)20-28/h3-22,45-46H,1-2H3,(H,43,47)(H,44,48). The number of ether oxygens (including phenoxy) is 2. The third-order valence-corrected chi connectivity index (χ3v) is 9.71. The van der Waals surface area contributed by atoms with Gasteiger partial charge in [-0.05, 0) is 144 Å². The summed E-state index contributed by atoms with van der Waals surface area (Å²) in [4.78, 5) is 27.3. The first-order chi connectivity index (χ1) is 24.5. The highest BCUT2D eigenvalue weighted by Gasteiger charge is 2.17. The Labute approximate surface area is 308 Å². The number of phenolic OH excluding ortho intramolecular Hbond substituents is 2. The summed E-state index contributed by atoms with van der Waals surface area (Å²) in [5.74, 6) is 0.821. The van der Waals surface area contributed by atoms with Crippen LogP contribution in [0, 0.1) is 13.8 Å². The summed E-state index contributed by atoms with van der Waals surface area (Å²) >= 11 is 13.7. The number of hydrogen-bond acceptors (Lipinski definition) is 7. The maximum Gasteiger partial charge on any atom is 0.417 e. The predicted octanol–water partition coefficient (Wildman–Crippen LogP) is 11.7. The number of phenols is 2. The first kappa shape index (κ1) is 35.2. The van der Waals surface area contributed by atoms with E-state index in [4.69, 9.17) is 32.7 Å². The quantitative estimate of drug-likeness (QED) is 0.123. The number of anilines is 2. The van der Waals surface area contributed by atoms with Gasteiger partial charge in [-0.1, -0.05) is 59.2 Å². The molecule has 11 heteroatoms. The molecule has 6 rings (SSSR count). The molecule has 0 saturated carbocycles. The normalized spacial score (nSPS) is 10.7. The highest BCUT2D eigenvalue weighted by molar-refractivity contribution is 7.99. The lowest BCUT2D eigenvalue weighted by atomic mass is 10.0. The van der Waals surface area contributed by atoms with Gasteiger partial charge in [-0.25, -0.2) is 9.59 Å². The number of carbonyl (C=O) groups excluding carboxylic acids is 2. The molecule has 0 heterocycles. The second-order valence-electron chi connectivity index (χ2n) is 11.5. The van der Waals surface area contributed by atoms with E-state index in [1.807, 2.05) is 26.0 Å². The lowest BCUT2D eigenvalue weighted by Crippen LogP contribution is -2.16. The molecule has 0 aliphatic heterocycles. The molecule has 0 aromatic heterocycles. The highest BCUT2D eigenvalue weighted by atomic mass is 35.5. The van der Waals surface area contributed by atoms with Crippen molar-refractivity contribution in [2.75, 3.05) is 10.6 Å². The lowest BCUT2D eigenvalue weighted by molar-refractivity contribution is 0.214. The van der Waals surface area contributed by atoms with Gasteiger partial charge in [-0.3, -0.25) is 10.6 Å². The van der Waals surface area contributed by atoms with Gasteiger partial charge in [0.2, 0.25) is 0 Å². The maximum absolute atomic E-state index is 12.8. The van der Waals surface area contributed by atoms with Crippen molar-refractivity contribution in [2.45, 2.75) is 23.6 Å². The van der Waals surface area contributed by atoms with Crippen molar-refractivity contribution >= 4 is 58.5 Å². The van der Waals surface area contributed by atoms with Gasteiger partial charge in [0.05, 0.1) is 0 Å². The van der Waals surface area contributed by atoms with E-state index in [1.54, 1.807) is 109 Å². The Bertz CT molecular complexity index is 2090. The Morgan fingerprint density at radius 2 is 0.941 bits per heavy atom. The van der Waals surface area contributed by atoms with Crippen molar-refractivity contribution < 1.29 is 29.3 Å². The maximum atomic E-state index is 12.8. The lowest BCUT2D eigenvalue weighted by Gasteiger charge is -2.16. The van der Waals surface area contributed by atoms with Crippen molar-refractivity contribution in [3.05, 3.63) is 142 Å². The molecule has 4 N–H and O–H groups in total. The Morgan fingerprint density at radius 1 is 0.549 bits per heavy atom. The van der Waals surface area contributed by atoms with E-state index in [9.17, 15) is 19.8 Å². The number of rotatable bonds is 8. The third kappa shape index (κ3) is 8.95. The predicted molar refractivity (Wildman–Crippen MR) is 203 cm³/mol. The SMILES string of the molecule is Cc1cc(NC(=O)Oc2ccc(Sc3ccc(OC(=O)Nc4ccc(Cl)c(C)c4)cc3-c3ccc(O)cc3)c(-c3ccc(O)cc3)c2)ccc1Cl. The van der Waals surface area contributed by atoms with Crippen LogP contribution in [0.15, 0.2) is 131 Å². The number of aromatic hydroxyl groups is 2. The molecule has 0 atom stereocenters. The summed E-state index contributed by atoms with van der Waals surface area (Å²) in [6, 6.07) is 34.3. The van der Waals surface area contributed by atoms with Gasteiger partial charge < -0.3 is 19.7 Å². The minimum absolute atomic E-state index is 0.110. The van der Waals surface area contributed by atoms with Gasteiger partial charge in [-0.2, -0.15) is 0 Å². The second kappa shape index (κ2) is 15.5. The molecule has 0 saturated heterocycles. The zero-order valence-corrected chi connectivity index (χ0v) is 29.6. The minimum atomic E-state index is -0.672. The van der Waals surface area contributed by atoms with Gasteiger partial charge >= 0.3 is 12.2 Å². The van der Waals surface area contributed by atoms with Crippen molar-refractivity contribution in [2.24, 2.45) is 0 Å². The summed E-state index contributed by atoms with van der Waals surface area (Å²) in [6.07, 6.45) is -1.34. The van der Waals surface area contributed by atoms with E-state index in [0.29, 0.717) is 32.9 Å². The van der Waals surface area contributed by atoms with Crippen LogP contribution in [-0.4, -0.2) is 22.4 Å². The summed E-state index contributed by atoms with van der Waals surface area (Å²) < 4.78 is 11.3. The Hall–Kier alpha value is -5.61. The molecular weight excluding hydrogens is 707 g/mol. The largest absolute Gasteiger partial charge is 0.508 e. The Morgan fingerprint density at radius 3 is 1.31 bits per heavy atom. The van der Waals surface area contributed by atoms with Crippen LogP contribution >= 0.6 is 35.0 Å². The topological polar surface area (TPSA) is 117 Å². The molecule has 8 nitrogen and oxygen atoms in total. The average Bonchev–Trinajstić information content (AvgIpc) is 3.10. The van der Waals surface area contributed by atoms with Crippen molar-refractivity contribution in [1.82, 2.24) is 0 Å². The number of hydrogen-bond donors (Lipinski definition) is 4. The van der Waals surface area contributed by atoms with Gasteiger partial charge in [-0.15, -0.1) is 0 Å². The van der Waals surface area contributed by atoms with Crippen molar-refractivity contribution in [3.8, 4) is 45.3 Å². The summed E-state index contributed by atoms with van der Waals surface area (Å²) in [7, 11) is 0. The molecule has 0 spiro atoms. The molecule has 0 bridgehead atoms. The number of amides is 2. The first-order valence-corrected chi connectivity index (χ1v) is 17.1. The molecule has 0 aliphatic carbocycles. The van der Waals surface area contributed by atoms with E-state index in [0.717, 1.165) is 43.2 Å². The fourth-order valence-corrected chi connectivity index (χ4v) is 6.44. The molecule has 0 unspecified atom stereocenters. The molecule has 6 aromatic carbocycles. The van der Waals surface area contributed by atoms with Crippen LogP contribution in [0.2, 0.25) is 10.0 Å². The van der Waals surface area contributed by atoms with Gasteiger partial charge in [0.15, 0.2) is 0 Å². The zero-order valence-electron chi connectivity index (χ0n) is 27.2. The monoisotopic (exact) mass is 736 g/mol. The summed E-state index contributed by atoms with van der Waals surface area (Å²) in [5.41, 5.74) is 5.73. The molecular formula is C40H30Cl2N2O6S. The van der Waals surface area contributed by atoms with Crippen molar-refractivity contribution in [3.63, 3.8) is 0 Å². The third-order valence-electron chi connectivity index (χ3n) is 7.71. The van der Waals surface area contributed by atoms with Crippen molar-refractivity contribution in [1.29, 1.82) is 0 Å². The highest BCUT2D eigenvalue weighted by Crippen LogP contribution is 2.43. The van der Waals surface area contributed by atoms with Crippen LogP contribution in [-0.2, 0) is 0 Å². The van der Waals surface area contributed by atoms with Crippen LogP contribution in [0.1, 0.15) is 11.1 Å².